The molecule has 1 N–H and O–H groups in total. The number of aliphatic hydroxyl groups is 1. The van der Waals surface area contributed by atoms with Gasteiger partial charge in [-0.25, -0.2) is 0 Å². The third-order valence-electron chi connectivity index (χ3n) is 1.16. The minimum Gasteiger partial charge on any atom is -0.368 e. The summed E-state index contributed by atoms with van der Waals surface area (Å²) in [5.74, 6) is 0. The molecular formula is C12H27O2Y-. The third-order valence-corrected chi connectivity index (χ3v) is 1.16. The Morgan fingerprint density at radius 3 is 1.73 bits per heavy atom. The van der Waals surface area contributed by atoms with Crippen molar-refractivity contribution in [2.45, 2.75) is 60.2 Å². The molecular weight excluding hydrogens is 265 g/mol. The Kier molecular flexibility index (Phi) is 18.6. The van der Waals surface area contributed by atoms with Gasteiger partial charge in [0.1, 0.15) is 0 Å². The van der Waals surface area contributed by atoms with Crippen molar-refractivity contribution in [2.24, 2.45) is 5.41 Å². The summed E-state index contributed by atoms with van der Waals surface area (Å²) in [5, 5.41) is 8.69. The van der Waals surface area contributed by atoms with E-state index in [1.807, 2.05) is 13.8 Å². The molecule has 1 aliphatic rings. The van der Waals surface area contributed by atoms with Crippen LogP contribution in [0.3, 0.4) is 0 Å². The summed E-state index contributed by atoms with van der Waals surface area (Å²) in [7, 11) is 0. The molecule has 1 unspecified atom stereocenters. The second-order valence-electron chi connectivity index (χ2n) is 4.38. The van der Waals surface area contributed by atoms with Crippen LogP contribution in [0.25, 0.3) is 0 Å². The largest absolute Gasteiger partial charge is 0.368 e. The zero-order valence-electron chi connectivity index (χ0n) is 11.0. The molecule has 0 saturated carbocycles. The minimum absolute atomic E-state index is 0. The first-order valence-electron chi connectivity index (χ1n) is 5.54. The van der Waals surface area contributed by atoms with E-state index >= 15 is 0 Å². The molecule has 15 heavy (non-hydrogen) atoms. The van der Waals surface area contributed by atoms with Gasteiger partial charge in [0.25, 0.3) is 0 Å². The van der Waals surface area contributed by atoms with Gasteiger partial charge in [-0.2, -0.15) is 5.41 Å². The fraction of sp³-hybridized carbons (Fsp3) is 0.917. The summed E-state index contributed by atoms with van der Waals surface area (Å²) in [6, 6.07) is 0. The van der Waals surface area contributed by atoms with Crippen molar-refractivity contribution < 1.29 is 42.6 Å². The van der Waals surface area contributed by atoms with Crippen molar-refractivity contribution in [3.63, 3.8) is 0 Å². The Morgan fingerprint density at radius 1 is 1.20 bits per heavy atom. The molecule has 1 rings (SSSR count). The van der Waals surface area contributed by atoms with E-state index in [1.54, 1.807) is 0 Å². The molecule has 0 aromatic heterocycles. The van der Waals surface area contributed by atoms with Crippen molar-refractivity contribution in [1.82, 2.24) is 0 Å². The molecule has 2 nitrogen and oxygen atoms in total. The van der Waals surface area contributed by atoms with Crippen molar-refractivity contribution in [1.29, 1.82) is 0 Å². The van der Waals surface area contributed by atoms with Gasteiger partial charge in [0.2, 0.25) is 0 Å². The maximum atomic E-state index is 8.69. The maximum Gasteiger partial charge on any atom is 0.154 e. The number of aliphatic hydroxyl groups excluding tert-OH is 1. The normalized spacial score (nSPS) is 19.8. The van der Waals surface area contributed by atoms with Gasteiger partial charge in [-0.3, -0.25) is 0 Å². The Balaban J connectivity index is -0.000000162. The van der Waals surface area contributed by atoms with Crippen molar-refractivity contribution in [2.75, 3.05) is 6.61 Å². The number of hydrogen-bond acceptors (Lipinski definition) is 2. The van der Waals surface area contributed by atoms with Crippen molar-refractivity contribution >= 4 is 0 Å². The van der Waals surface area contributed by atoms with Crippen LogP contribution in [0.15, 0.2) is 0 Å². The van der Waals surface area contributed by atoms with E-state index < -0.39 is 6.29 Å². The molecule has 0 bridgehead atoms. The van der Waals surface area contributed by atoms with Crippen LogP contribution in [0.5, 0.6) is 0 Å². The number of ether oxygens (including phenoxy) is 1. The summed E-state index contributed by atoms with van der Waals surface area (Å²) in [6.07, 6.45) is 2.58. The second kappa shape index (κ2) is 13.1. The molecule has 1 aliphatic heterocycles. The second-order valence-corrected chi connectivity index (χ2v) is 4.38. The average Bonchev–Trinajstić information content (AvgIpc) is 2.06. The first kappa shape index (κ1) is 21.3. The fourth-order valence-electron chi connectivity index (χ4n) is 0.724. The van der Waals surface area contributed by atoms with E-state index in [-0.39, 0.29) is 38.1 Å². The van der Waals surface area contributed by atoms with E-state index in [0.717, 1.165) is 25.9 Å². The van der Waals surface area contributed by atoms with Gasteiger partial charge in [-0.05, 0) is 19.3 Å². The predicted molar refractivity (Wildman–Crippen MR) is 62.0 cm³/mol. The van der Waals surface area contributed by atoms with Crippen LogP contribution in [0.4, 0.5) is 0 Å². The zero-order valence-corrected chi connectivity index (χ0v) is 13.9. The molecule has 0 aliphatic carbocycles. The van der Waals surface area contributed by atoms with Crippen LogP contribution in [0, 0.1) is 12.3 Å². The number of rotatable bonds is 0. The molecule has 0 amide bonds. The third kappa shape index (κ3) is 31.3. The minimum atomic E-state index is -0.464. The standard InChI is InChI=1S/C5H10O2.C5H11.C2H6.Y/c6-5-3-1-2-4-7-5;1-5(2,3)4;1-2;/h5-6H,1-4H2;1H2,2-4H3;1-2H3;/q;-1;;. The molecule has 0 spiro atoms. The van der Waals surface area contributed by atoms with E-state index in [2.05, 4.69) is 27.7 Å². The van der Waals surface area contributed by atoms with Crippen LogP contribution in [-0.2, 0) is 37.4 Å². The molecule has 3 heteroatoms. The Hall–Kier alpha value is 1.02. The van der Waals surface area contributed by atoms with Gasteiger partial charge in [0.15, 0.2) is 6.29 Å². The first-order valence-corrected chi connectivity index (χ1v) is 5.54. The molecule has 0 aromatic rings. The Bertz CT molecular complexity index is 98.7. The molecule has 1 atom stereocenters. The van der Waals surface area contributed by atoms with Crippen LogP contribution in [0.1, 0.15) is 53.9 Å². The molecule has 1 radical (unpaired) electrons. The number of hydrogen-bond donors (Lipinski definition) is 1. The predicted octanol–water partition coefficient (Wildman–Crippen LogP) is 3.40. The van der Waals surface area contributed by atoms with Gasteiger partial charge < -0.3 is 16.8 Å². The summed E-state index contributed by atoms with van der Waals surface area (Å²) in [5.41, 5.74) is 0.250. The van der Waals surface area contributed by atoms with Gasteiger partial charge in [0, 0.05) is 39.3 Å². The smallest absolute Gasteiger partial charge is 0.154 e. The Labute approximate surface area is 121 Å². The van der Waals surface area contributed by atoms with E-state index in [1.165, 1.54) is 0 Å². The zero-order chi connectivity index (χ0) is 11.6. The molecule has 0 aromatic carbocycles. The van der Waals surface area contributed by atoms with E-state index in [0.29, 0.717) is 0 Å². The Morgan fingerprint density at radius 2 is 1.60 bits per heavy atom. The molecule has 91 valence electrons. The molecule has 1 saturated heterocycles. The average molecular weight is 292 g/mol. The van der Waals surface area contributed by atoms with E-state index in [4.69, 9.17) is 9.84 Å². The van der Waals surface area contributed by atoms with Crippen LogP contribution in [-0.4, -0.2) is 18.0 Å². The summed E-state index contributed by atoms with van der Waals surface area (Å²) in [4.78, 5) is 0. The van der Waals surface area contributed by atoms with E-state index in [9.17, 15) is 0 Å². The summed E-state index contributed by atoms with van der Waals surface area (Å²) < 4.78 is 4.83. The molecule has 1 fully saturated rings. The monoisotopic (exact) mass is 292 g/mol. The van der Waals surface area contributed by atoms with Crippen molar-refractivity contribution in [3.8, 4) is 0 Å². The first-order chi connectivity index (χ1) is 6.39. The van der Waals surface area contributed by atoms with Crippen LogP contribution in [0.2, 0.25) is 0 Å². The summed E-state index contributed by atoms with van der Waals surface area (Å²) in [6.45, 7) is 14.7. The maximum absolute atomic E-state index is 8.69. The fourth-order valence-corrected chi connectivity index (χ4v) is 0.724. The van der Waals surface area contributed by atoms with Crippen LogP contribution < -0.4 is 0 Å². The topological polar surface area (TPSA) is 29.5 Å². The summed E-state index contributed by atoms with van der Waals surface area (Å²) >= 11 is 0. The molecule has 1 heterocycles. The van der Waals surface area contributed by atoms with Crippen LogP contribution >= 0.6 is 0 Å². The van der Waals surface area contributed by atoms with Gasteiger partial charge in [-0.15, -0.1) is 0 Å². The van der Waals surface area contributed by atoms with Gasteiger partial charge in [0.05, 0.1) is 0 Å². The SMILES string of the molecule is CC.OC1CCCCO1.[CH2-]C(C)(C)C.[Y]. The quantitative estimate of drug-likeness (QED) is 0.693. The van der Waals surface area contributed by atoms with Gasteiger partial charge >= 0.3 is 0 Å². The van der Waals surface area contributed by atoms with Gasteiger partial charge in [-0.1, -0.05) is 34.6 Å². The van der Waals surface area contributed by atoms with Crippen molar-refractivity contribution in [3.05, 3.63) is 6.92 Å².